The van der Waals surface area contributed by atoms with Gasteiger partial charge in [0, 0.05) is 20.9 Å². The summed E-state index contributed by atoms with van der Waals surface area (Å²) in [5.41, 5.74) is 3.79. The minimum absolute atomic E-state index is 0.123. The summed E-state index contributed by atoms with van der Waals surface area (Å²) in [6.45, 7) is 8.38. The van der Waals surface area contributed by atoms with Crippen LogP contribution in [0.15, 0.2) is 67.6 Å². The van der Waals surface area contributed by atoms with Crippen LogP contribution >= 0.6 is 43.6 Å². The average Bonchev–Trinajstić information content (AvgIpc) is 3.34. The lowest BCUT2D eigenvalue weighted by molar-refractivity contribution is -0.113. The van der Waals surface area contributed by atoms with Crippen LogP contribution in [0, 0.1) is 13.8 Å². The molecule has 2 heterocycles. The quantitative estimate of drug-likeness (QED) is 0.195. The Morgan fingerprint density at radius 3 is 2.75 bits per heavy atom. The lowest BCUT2D eigenvalue weighted by Crippen LogP contribution is -2.15. The van der Waals surface area contributed by atoms with E-state index in [1.807, 2.05) is 54.8 Å². The molecule has 1 amide bonds. The van der Waals surface area contributed by atoms with Crippen molar-refractivity contribution < 1.29 is 9.21 Å². The first-order valence-corrected chi connectivity index (χ1v) is 12.4. The van der Waals surface area contributed by atoms with Gasteiger partial charge in [0.2, 0.25) is 11.7 Å². The Kier molecular flexibility index (Phi) is 6.88. The van der Waals surface area contributed by atoms with Crippen LogP contribution in [0.3, 0.4) is 0 Å². The van der Waals surface area contributed by atoms with Crippen LogP contribution in [0.1, 0.15) is 11.1 Å². The molecular formula is C23H20Br2N4O2S. The molecule has 0 aliphatic carbocycles. The topological polar surface area (TPSA) is 73.0 Å². The Bertz CT molecular complexity index is 1330. The molecule has 2 aromatic carbocycles. The van der Waals surface area contributed by atoms with E-state index in [2.05, 4.69) is 54.0 Å². The lowest BCUT2D eigenvalue weighted by atomic mass is 10.1. The van der Waals surface area contributed by atoms with Crippen LogP contribution in [-0.2, 0) is 11.3 Å². The third-order valence-electron chi connectivity index (χ3n) is 4.92. The number of furan rings is 1. The van der Waals surface area contributed by atoms with Gasteiger partial charge in [-0.2, -0.15) is 0 Å². The first kappa shape index (κ1) is 22.8. The Morgan fingerprint density at radius 1 is 1.19 bits per heavy atom. The SMILES string of the molecule is C=CCn1c(SCC(=O)Nc2cc(C)c(C)cc2Br)nnc1-c1cc2cc(Br)ccc2o1. The predicted octanol–water partition coefficient (Wildman–Crippen LogP) is 6.75. The molecule has 0 saturated carbocycles. The van der Waals surface area contributed by atoms with Crippen LogP contribution in [-0.4, -0.2) is 26.4 Å². The fourth-order valence-corrected chi connectivity index (χ4v) is 4.87. The number of carbonyl (C=O) groups excluding carboxylic acids is 1. The van der Waals surface area contributed by atoms with E-state index in [0.717, 1.165) is 36.7 Å². The molecular weight excluding hydrogens is 556 g/mol. The maximum Gasteiger partial charge on any atom is 0.234 e. The molecule has 0 spiro atoms. The number of nitrogens with one attached hydrogen (secondary N) is 1. The highest BCUT2D eigenvalue weighted by Gasteiger charge is 2.18. The van der Waals surface area contributed by atoms with Crippen molar-refractivity contribution in [3.63, 3.8) is 0 Å². The van der Waals surface area contributed by atoms with Crippen LogP contribution in [0.2, 0.25) is 0 Å². The molecule has 0 atom stereocenters. The molecule has 6 nitrogen and oxygen atoms in total. The number of nitrogens with zero attached hydrogens (tertiary/aromatic N) is 3. The molecule has 0 bridgehead atoms. The maximum absolute atomic E-state index is 12.6. The van der Waals surface area contributed by atoms with E-state index in [-0.39, 0.29) is 11.7 Å². The third kappa shape index (κ3) is 4.84. The normalized spacial score (nSPS) is 11.1. The Morgan fingerprint density at radius 2 is 1.97 bits per heavy atom. The van der Waals surface area contributed by atoms with Gasteiger partial charge in [0.1, 0.15) is 5.58 Å². The van der Waals surface area contributed by atoms with Gasteiger partial charge in [0.15, 0.2) is 10.9 Å². The van der Waals surface area contributed by atoms with E-state index in [0.29, 0.717) is 23.3 Å². The minimum Gasteiger partial charge on any atom is -0.453 e. The van der Waals surface area contributed by atoms with E-state index in [4.69, 9.17) is 4.42 Å². The number of rotatable bonds is 7. The third-order valence-corrected chi connectivity index (χ3v) is 7.03. The predicted molar refractivity (Wildman–Crippen MR) is 136 cm³/mol. The van der Waals surface area contributed by atoms with Crippen molar-refractivity contribution in [2.45, 2.75) is 25.5 Å². The van der Waals surface area contributed by atoms with Crippen LogP contribution in [0.25, 0.3) is 22.6 Å². The van der Waals surface area contributed by atoms with E-state index in [1.165, 1.54) is 11.8 Å². The number of anilines is 1. The molecule has 2 aromatic heterocycles. The van der Waals surface area contributed by atoms with Crippen LogP contribution < -0.4 is 5.32 Å². The molecule has 4 rings (SSSR count). The van der Waals surface area contributed by atoms with Gasteiger partial charge in [-0.1, -0.05) is 33.8 Å². The Balaban J connectivity index is 1.53. The molecule has 4 aromatic rings. The standard InChI is InChI=1S/C23H20Br2N4O2S/c1-4-7-29-22(20-11-15-10-16(24)5-6-19(15)31-20)27-28-23(29)32-12-21(30)26-18-9-14(3)13(2)8-17(18)25/h4-6,8-11H,1,7,12H2,2-3H3,(H,26,30). The van der Waals surface area contributed by atoms with Crippen molar-refractivity contribution in [1.82, 2.24) is 14.8 Å². The second kappa shape index (κ2) is 9.64. The number of aromatic nitrogens is 3. The molecule has 1 N–H and O–H groups in total. The molecule has 9 heteroatoms. The highest BCUT2D eigenvalue weighted by molar-refractivity contribution is 9.10. The zero-order valence-corrected chi connectivity index (χ0v) is 21.5. The number of hydrogen-bond acceptors (Lipinski definition) is 5. The van der Waals surface area contributed by atoms with E-state index in [1.54, 1.807) is 6.08 Å². The summed E-state index contributed by atoms with van der Waals surface area (Å²) in [6, 6.07) is 11.7. The fourth-order valence-electron chi connectivity index (χ4n) is 3.19. The van der Waals surface area contributed by atoms with Gasteiger partial charge in [0.05, 0.1) is 11.4 Å². The minimum atomic E-state index is -0.123. The molecule has 0 aliphatic heterocycles. The molecule has 0 saturated heterocycles. The monoisotopic (exact) mass is 574 g/mol. The van der Waals surface area contributed by atoms with Crippen molar-refractivity contribution in [3.8, 4) is 11.6 Å². The number of hydrogen-bond donors (Lipinski definition) is 1. The van der Waals surface area contributed by atoms with Gasteiger partial charge >= 0.3 is 0 Å². The average molecular weight is 576 g/mol. The highest BCUT2D eigenvalue weighted by Crippen LogP contribution is 2.31. The first-order valence-electron chi connectivity index (χ1n) is 9.78. The first-order chi connectivity index (χ1) is 15.4. The number of halogens is 2. The summed E-state index contributed by atoms with van der Waals surface area (Å²) in [4.78, 5) is 12.6. The number of thioether (sulfide) groups is 1. The number of aryl methyl sites for hydroxylation is 2. The molecule has 32 heavy (non-hydrogen) atoms. The summed E-state index contributed by atoms with van der Waals surface area (Å²) in [5, 5.41) is 13.2. The zero-order chi connectivity index (χ0) is 22.8. The largest absolute Gasteiger partial charge is 0.453 e. The number of amides is 1. The molecule has 164 valence electrons. The van der Waals surface area contributed by atoms with Crippen molar-refractivity contribution in [2.24, 2.45) is 0 Å². The zero-order valence-electron chi connectivity index (χ0n) is 17.5. The van der Waals surface area contributed by atoms with E-state index < -0.39 is 0 Å². The van der Waals surface area contributed by atoms with E-state index >= 15 is 0 Å². The van der Waals surface area contributed by atoms with Crippen molar-refractivity contribution in [1.29, 1.82) is 0 Å². The van der Waals surface area contributed by atoms with Crippen molar-refractivity contribution in [3.05, 3.63) is 69.1 Å². The number of carbonyl (C=O) groups is 1. The van der Waals surface area contributed by atoms with Gasteiger partial charge in [-0.15, -0.1) is 16.8 Å². The molecule has 0 aliphatic rings. The van der Waals surface area contributed by atoms with E-state index in [9.17, 15) is 4.79 Å². The Hall–Kier alpha value is -2.36. The van der Waals surface area contributed by atoms with Gasteiger partial charge in [-0.05, 0) is 77.3 Å². The van der Waals surface area contributed by atoms with Gasteiger partial charge in [-0.3, -0.25) is 9.36 Å². The number of fused-ring (bicyclic) bond motifs is 1. The molecule has 0 fully saturated rings. The van der Waals surface area contributed by atoms with Gasteiger partial charge in [-0.25, -0.2) is 0 Å². The van der Waals surface area contributed by atoms with Crippen molar-refractivity contribution >= 4 is 66.2 Å². The summed E-state index contributed by atoms with van der Waals surface area (Å²) in [5.74, 6) is 1.28. The summed E-state index contributed by atoms with van der Waals surface area (Å²) < 4.78 is 9.70. The highest BCUT2D eigenvalue weighted by atomic mass is 79.9. The smallest absolute Gasteiger partial charge is 0.234 e. The van der Waals surface area contributed by atoms with Crippen molar-refractivity contribution in [2.75, 3.05) is 11.1 Å². The molecule has 0 unspecified atom stereocenters. The van der Waals surface area contributed by atoms with Crippen LogP contribution in [0.4, 0.5) is 5.69 Å². The maximum atomic E-state index is 12.6. The number of allylic oxidation sites excluding steroid dienone is 1. The van der Waals surface area contributed by atoms with Gasteiger partial charge in [0.25, 0.3) is 0 Å². The second-order valence-corrected chi connectivity index (χ2v) is 9.96. The fraction of sp³-hybridized carbons (Fsp3) is 0.174. The van der Waals surface area contributed by atoms with Crippen LogP contribution in [0.5, 0.6) is 0 Å². The summed E-state index contributed by atoms with van der Waals surface area (Å²) >= 11 is 8.31. The lowest BCUT2D eigenvalue weighted by Gasteiger charge is -2.10. The Labute approximate surface area is 206 Å². The second-order valence-electron chi connectivity index (χ2n) is 7.25. The summed E-state index contributed by atoms with van der Waals surface area (Å²) in [6.07, 6.45) is 1.77. The van der Waals surface area contributed by atoms with Gasteiger partial charge < -0.3 is 9.73 Å². The number of benzene rings is 2. The molecule has 0 radical (unpaired) electrons. The summed E-state index contributed by atoms with van der Waals surface area (Å²) in [7, 11) is 0.